The average Bonchev–Trinajstić information content (AvgIpc) is 3.19. The van der Waals surface area contributed by atoms with Gasteiger partial charge in [0.05, 0.1) is 6.54 Å². The summed E-state index contributed by atoms with van der Waals surface area (Å²) in [4.78, 5) is 20.5. The van der Waals surface area contributed by atoms with Gasteiger partial charge in [0.1, 0.15) is 0 Å². The van der Waals surface area contributed by atoms with Crippen LogP contribution in [0.2, 0.25) is 0 Å². The summed E-state index contributed by atoms with van der Waals surface area (Å²) in [5.41, 5.74) is 5.04. The van der Waals surface area contributed by atoms with Gasteiger partial charge in [-0.3, -0.25) is 4.79 Å². The molecule has 0 aliphatic carbocycles. The number of aliphatic imine (C=N–C) groups is 1. The number of nitrogens with zero attached hydrogens (tertiary/aromatic N) is 2. The van der Waals surface area contributed by atoms with Crippen LogP contribution >= 0.6 is 11.8 Å². The summed E-state index contributed by atoms with van der Waals surface area (Å²) in [5.74, 6) is 1.02. The first-order valence-electron chi connectivity index (χ1n) is 10.6. The molecule has 3 rings (SSSR count). The van der Waals surface area contributed by atoms with Gasteiger partial charge >= 0.3 is 0 Å². The molecule has 0 saturated carbocycles. The van der Waals surface area contributed by atoms with Gasteiger partial charge in [-0.25, -0.2) is 4.99 Å². The maximum absolute atomic E-state index is 12.5. The largest absolute Gasteiger partial charge is 0.357 e. The van der Waals surface area contributed by atoms with E-state index in [1.54, 1.807) is 11.8 Å². The number of amides is 1. The van der Waals surface area contributed by atoms with E-state index in [1.807, 2.05) is 17.0 Å². The Balaban J connectivity index is 1.46. The van der Waals surface area contributed by atoms with Crippen molar-refractivity contribution in [1.82, 2.24) is 15.5 Å². The van der Waals surface area contributed by atoms with Crippen LogP contribution in [0.1, 0.15) is 42.0 Å². The van der Waals surface area contributed by atoms with Crippen LogP contribution in [0.5, 0.6) is 0 Å². The lowest BCUT2D eigenvalue weighted by Gasteiger charge is -2.16. The normalized spacial score (nSPS) is 13.3. The van der Waals surface area contributed by atoms with Gasteiger partial charge in [-0.15, -0.1) is 11.8 Å². The molecule has 0 fully saturated rings. The number of guanidine groups is 1. The minimum absolute atomic E-state index is 0.221. The van der Waals surface area contributed by atoms with E-state index in [1.165, 1.54) is 27.1 Å². The summed E-state index contributed by atoms with van der Waals surface area (Å²) in [6, 6.07) is 14.8. The lowest BCUT2D eigenvalue weighted by Crippen LogP contribution is -2.38. The highest BCUT2D eigenvalue weighted by Crippen LogP contribution is 2.23. The van der Waals surface area contributed by atoms with E-state index in [-0.39, 0.29) is 5.91 Å². The zero-order valence-electron chi connectivity index (χ0n) is 18.2. The third-order valence-corrected chi connectivity index (χ3v) is 6.07. The van der Waals surface area contributed by atoms with Crippen molar-refractivity contribution in [2.45, 2.75) is 51.2 Å². The third-order valence-electron chi connectivity index (χ3n) is 5.25. The number of benzene rings is 2. The number of hydrogen-bond donors (Lipinski definition) is 2. The maximum atomic E-state index is 12.5. The predicted molar refractivity (Wildman–Crippen MR) is 126 cm³/mol. The molecule has 0 bridgehead atoms. The van der Waals surface area contributed by atoms with Crippen molar-refractivity contribution in [2.24, 2.45) is 4.99 Å². The van der Waals surface area contributed by atoms with Crippen LogP contribution in [0.25, 0.3) is 0 Å². The van der Waals surface area contributed by atoms with Crippen LogP contribution in [-0.4, -0.2) is 36.1 Å². The van der Waals surface area contributed by atoms with E-state index in [2.05, 4.69) is 61.1 Å². The second-order valence-electron chi connectivity index (χ2n) is 7.56. The fourth-order valence-corrected chi connectivity index (χ4v) is 4.30. The van der Waals surface area contributed by atoms with Gasteiger partial charge in [0.2, 0.25) is 5.91 Å². The number of hydrogen-bond acceptors (Lipinski definition) is 3. The van der Waals surface area contributed by atoms with Crippen molar-refractivity contribution < 1.29 is 4.79 Å². The van der Waals surface area contributed by atoms with Crippen molar-refractivity contribution in [3.8, 4) is 0 Å². The monoisotopic (exact) mass is 424 g/mol. The maximum Gasteiger partial charge on any atom is 0.223 e. The van der Waals surface area contributed by atoms with E-state index in [0.29, 0.717) is 13.0 Å². The molecule has 1 aliphatic rings. The van der Waals surface area contributed by atoms with Gasteiger partial charge in [-0.1, -0.05) is 36.4 Å². The molecule has 0 aromatic heterocycles. The predicted octanol–water partition coefficient (Wildman–Crippen LogP) is 4.09. The number of fused-ring (bicyclic) bond motifs is 1. The molecule has 1 heterocycles. The average molecular weight is 425 g/mol. The van der Waals surface area contributed by atoms with Crippen LogP contribution in [0.3, 0.4) is 0 Å². The minimum Gasteiger partial charge on any atom is -0.357 e. The summed E-state index contributed by atoms with van der Waals surface area (Å²) in [6.07, 6.45) is 3.44. The van der Waals surface area contributed by atoms with Crippen molar-refractivity contribution in [2.75, 3.05) is 19.3 Å². The number of rotatable bonds is 8. The SMILES string of the molecule is CCNC(=NCc1ccc(C)cc1SC)NCCCC(=O)N1Cc2ccccc2C1. The molecule has 5 nitrogen and oxygen atoms in total. The molecule has 1 aliphatic heterocycles. The molecule has 0 unspecified atom stereocenters. The lowest BCUT2D eigenvalue weighted by atomic mass is 10.1. The zero-order chi connectivity index (χ0) is 21.3. The molecule has 2 aromatic rings. The highest BCUT2D eigenvalue weighted by molar-refractivity contribution is 7.98. The number of thioether (sulfide) groups is 1. The van der Waals surface area contributed by atoms with Crippen LogP contribution in [0.15, 0.2) is 52.4 Å². The topological polar surface area (TPSA) is 56.7 Å². The number of carbonyl (C=O) groups is 1. The minimum atomic E-state index is 0.221. The summed E-state index contributed by atoms with van der Waals surface area (Å²) in [6.45, 7) is 7.81. The molecule has 1 amide bonds. The zero-order valence-corrected chi connectivity index (χ0v) is 19.0. The number of nitrogens with one attached hydrogen (secondary N) is 2. The Morgan fingerprint density at radius 1 is 1.13 bits per heavy atom. The summed E-state index contributed by atoms with van der Waals surface area (Å²) >= 11 is 1.75. The molecule has 6 heteroatoms. The fourth-order valence-electron chi connectivity index (χ4n) is 3.60. The van der Waals surface area contributed by atoms with Crippen LogP contribution < -0.4 is 10.6 Å². The second kappa shape index (κ2) is 11.1. The van der Waals surface area contributed by atoms with Crippen molar-refractivity contribution in [3.63, 3.8) is 0 Å². The van der Waals surface area contributed by atoms with Gasteiger partial charge in [-0.2, -0.15) is 0 Å². The Kier molecular flexibility index (Phi) is 8.20. The van der Waals surface area contributed by atoms with E-state index < -0.39 is 0 Å². The molecule has 160 valence electrons. The summed E-state index contributed by atoms with van der Waals surface area (Å²) in [7, 11) is 0. The molecule has 2 N–H and O–H groups in total. The van der Waals surface area contributed by atoms with Gasteiger partial charge in [0, 0.05) is 37.5 Å². The fraction of sp³-hybridized carbons (Fsp3) is 0.417. The van der Waals surface area contributed by atoms with E-state index in [9.17, 15) is 4.79 Å². The van der Waals surface area contributed by atoms with Crippen molar-refractivity contribution in [3.05, 3.63) is 64.7 Å². The Bertz CT molecular complexity index is 872. The quantitative estimate of drug-likeness (QED) is 0.290. The van der Waals surface area contributed by atoms with Crippen LogP contribution in [0, 0.1) is 6.92 Å². The molecular weight excluding hydrogens is 392 g/mol. The van der Waals surface area contributed by atoms with Crippen LogP contribution in [-0.2, 0) is 24.4 Å². The smallest absolute Gasteiger partial charge is 0.223 e. The van der Waals surface area contributed by atoms with E-state index >= 15 is 0 Å². The molecule has 30 heavy (non-hydrogen) atoms. The molecule has 2 aromatic carbocycles. The van der Waals surface area contributed by atoms with Gasteiger partial charge in [0.15, 0.2) is 5.96 Å². The third kappa shape index (κ3) is 6.02. The lowest BCUT2D eigenvalue weighted by molar-refractivity contribution is -0.131. The standard InChI is InChI=1S/C24H32N4OS/c1-4-25-24(27-15-19-12-11-18(2)14-22(19)30-3)26-13-7-10-23(29)28-16-20-8-5-6-9-21(20)17-28/h5-6,8-9,11-12,14H,4,7,10,13,15-17H2,1-3H3,(H2,25,26,27). The van der Waals surface area contributed by atoms with Gasteiger partial charge < -0.3 is 15.5 Å². The summed E-state index contributed by atoms with van der Waals surface area (Å²) in [5, 5.41) is 6.66. The molecule has 0 spiro atoms. The second-order valence-corrected chi connectivity index (χ2v) is 8.41. The van der Waals surface area contributed by atoms with Gasteiger partial charge in [-0.05, 0) is 54.8 Å². The molecule has 0 radical (unpaired) electrons. The molecule has 0 atom stereocenters. The summed E-state index contributed by atoms with van der Waals surface area (Å²) < 4.78 is 0. The number of carbonyl (C=O) groups excluding carboxylic acids is 1. The van der Waals surface area contributed by atoms with E-state index in [0.717, 1.165) is 38.6 Å². The molecular formula is C24H32N4OS. The highest BCUT2D eigenvalue weighted by Gasteiger charge is 2.22. The first-order valence-corrected chi connectivity index (χ1v) is 11.8. The van der Waals surface area contributed by atoms with Crippen molar-refractivity contribution >= 4 is 23.6 Å². The first-order chi connectivity index (χ1) is 14.6. The van der Waals surface area contributed by atoms with Gasteiger partial charge in [0.25, 0.3) is 0 Å². The Morgan fingerprint density at radius 3 is 2.53 bits per heavy atom. The Labute approximate surface area is 184 Å². The Morgan fingerprint density at radius 2 is 1.87 bits per heavy atom. The Hall–Kier alpha value is -2.47. The molecule has 0 saturated heterocycles. The van der Waals surface area contributed by atoms with Crippen LogP contribution in [0.4, 0.5) is 0 Å². The van der Waals surface area contributed by atoms with Crippen molar-refractivity contribution in [1.29, 1.82) is 0 Å². The highest BCUT2D eigenvalue weighted by atomic mass is 32.2. The first kappa shape index (κ1) is 22.2. The number of aryl methyl sites for hydroxylation is 1. The van der Waals surface area contributed by atoms with E-state index in [4.69, 9.17) is 4.99 Å².